The SMILES string of the molecule is CCc1c(-c2cn3c(n2)sc2cc(OC)ccc23)c[n+]2cc(C#N)ccn12. The van der Waals surface area contributed by atoms with Gasteiger partial charge in [0.1, 0.15) is 17.4 Å². The van der Waals surface area contributed by atoms with Gasteiger partial charge in [-0.25, -0.2) is 4.98 Å². The molecule has 0 unspecified atom stereocenters. The van der Waals surface area contributed by atoms with Gasteiger partial charge >= 0.3 is 0 Å². The van der Waals surface area contributed by atoms with E-state index in [2.05, 4.69) is 34.2 Å². The molecule has 1 aromatic carbocycles. The summed E-state index contributed by atoms with van der Waals surface area (Å²) < 4.78 is 12.6. The molecule has 6 nitrogen and oxygen atoms in total. The molecule has 0 atom stereocenters. The molecule has 0 bridgehead atoms. The lowest BCUT2D eigenvalue weighted by Gasteiger charge is -1.98. The Hall–Kier alpha value is -3.37. The van der Waals surface area contributed by atoms with Crippen molar-refractivity contribution in [3.63, 3.8) is 0 Å². The third-order valence-electron chi connectivity index (χ3n) is 4.81. The van der Waals surface area contributed by atoms with Crippen LogP contribution in [0.25, 0.3) is 26.4 Å². The van der Waals surface area contributed by atoms with E-state index in [9.17, 15) is 0 Å². The number of nitriles is 1. The van der Waals surface area contributed by atoms with Crippen LogP contribution in [0.5, 0.6) is 5.75 Å². The van der Waals surface area contributed by atoms with E-state index in [0.29, 0.717) is 5.56 Å². The lowest BCUT2D eigenvalue weighted by molar-refractivity contribution is -0.618. The van der Waals surface area contributed by atoms with Crippen molar-refractivity contribution in [3.05, 3.63) is 60.3 Å². The van der Waals surface area contributed by atoms with Crippen LogP contribution in [0.1, 0.15) is 18.2 Å². The van der Waals surface area contributed by atoms with Crippen molar-refractivity contribution in [1.82, 2.24) is 13.9 Å². The van der Waals surface area contributed by atoms with Gasteiger partial charge in [0.2, 0.25) is 12.4 Å². The summed E-state index contributed by atoms with van der Waals surface area (Å²) in [6.07, 6.45) is 8.76. The van der Waals surface area contributed by atoms with E-state index < -0.39 is 0 Å². The molecule has 5 aromatic rings. The van der Waals surface area contributed by atoms with Crippen molar-refractivity contribution < 1.29 is 9.25 Å². The first-order valence-corrected chi connectivity index (χ1v) is 9.45. The van der Waals surface area contributed by atoms with Gasteiger partial charge in [-0.05, 0) is 30.7 Å². The number of benzene rings is 1. The molecular formula is C20H16N5OS+. The molecule has 0 saturated carbocycles. The van der Waals surface area contributed by atoms with Gasteiger partial charge in [0.25, 0.3) is 0 Å². The first-order chi connectivity index (χ1) is 13.2. The molecule has 0 aliphatic heterocycles. The van der Waals surface area contributed by atoms with Crippen molar-refractivity contribution in [3.8, 4) is 23.1 Å². The Balaban J connectivity index is 1.72. The zero-order chi connectivity index (χ0) is 18.5. The summed E-state index contributed by atoms with van der Waals surface area (Å²) >= 11 is 1.65. The van der Waals surface area contributed by atoms with Crippen LogP contribution in [0.4, 0.5) is 0 Å². The third-order valence-corrected chi connectivity index (χ3v) is 5.82. The van der Waals surface area contributed by atoms with Crippen molar-refractivity contribution in [2.24, 2.45) is 0 Å². The molecule has 27 heavy (non-hydrogen) atoms. The minimum Gasteiger partial charge on any atom is -0.497 e. The number of methoxy groups -OCH3 is 1. The fourth-order valence-corrected chi connectivity index (χ4v) is 4.54. The molecule has 0 amide bonds. The number of fused-ring (bicyclic) bond motifs is 4. The monoisotopic (exact) mass is 374 g/mol. The second kappa shape index (κ2) is 5.83. The van der Waals surface area contributed by atoms with Crippen molar-refractivity contribution in [1.29, 1.82) is 5.26 Å². The molecule has 0 aliphatic carbocycles. The standard InChI is InChI=1S/C20H16N5OS/c1-3-17-15(11-23-10-13(9-21)6-7-25(17)23)16-12-24-18-5-4-14(26-2)8-19(18)27-20(24)22-16/h4-8,10-12H,3H2,1-2H3/q+1. The van der Waals surface area contributed by atoms with Crippen LogP contribution < -0.4 is 9.25 Å². The molecule has 7 heteroatoms. The van der Waals surface area contributed by atoms with Crippen LogP contribution in [0.15, 0.2) is 49.1 Å². The lowest BCUT2D eigenvalue weighted by Crippen LogP contribution is -2.27. The summed E-state index contributed by atoms with van der Waals surface area (Å²) in [5.41, 5.74) is 4.93. The number of hydrogen-bond acceptors (Lipinski definition) is 4. The number of imidazole rings is 1. The number of aromatic nitrogens is 4. The normalized spacial score (nSPS) is 11.4. The van der Waals surface area contributed by atoms with Gasteiger partial charge in [-0.3, -0.25) is 4.40 Å². The predicted molar refractivity (Wildman–Crippen MR) is 103 cm³/mol. The fourth-order valence-electron chi connectivity index (χ4n) is 3.51. The quantitative estimate of drug-likeness (QED) is 0.454. The summed E-state index contributed by atoms with van der Waals surface area (Å²) in [6.45, 7) is 2.13. The number of hydrogen-bond donors (Lipinski definition) is 0. The third kappa shape index (κ3) is 2.31. The van der Waals surface area contributed by atoms with Gasteiger partial charge in [0.15, 0.2) is 4.96 Å². The van der Waals surface area contributed by atoms with Gasteiger partial charge in [0, 0.05) is 6.20 Å². The first-order valence-electron chi connectivity index (χ1n) is 8.63. The number of thiazole rings is 1. The summed E-state index contributed by atoms with van der Waals surface area (Å²) in [5, 5.41) is 9.16. The van der Waals surface area contributed by atoms with Crippen LogP contribution in [-0.2, 0) is 6.42 Å². The maximum atomic E-state index is 9.16. The number of ether oxygens (including phenoxy) is 1. The molecule has 0 spiro atoms. The minimum absolute atomic E-state index is 0.630. The highest BCUT2D eigenvalue weighted by Gasteiger charge is 2.21. The Morgan fingerprint density at radius 3 is 2.96 bits per heavy atom. The van der Waals surface area contributed by atoms with Crippen LogP contribution in [0, 0.1) is 11.3 Å². The van der Waals surface area contributed by atoms with Crippen molar-refractivity contribution in [2.75, 3.05) is 7.11 Å². The summed E-state index contributed by atoms with van der Waals surface area (Å²) in [6, 6.07) is 10.1. The molecule has 0 saturated heterocycles. The zero-order valence-electron chi connectivity index (χ0n) is 14.9. The average molecular weight is 374 g/mol. The maximum absolute atomic E-state index is 9.16. The fraction of sp³-hybridized carbons (Fsp3) is 0.150. The molecule has 4 aromatic heterocycles. The van der Waals surface area contributed by atoms with Gasteiger partial charge in [0.05, 0.1) is 40.5 Å². The maximum Gasteiger partial charge on any atom is 0.218 e. The second-order valence-corrected chi connectivity index (χ2v) is 7.30. The topological polar surface area (TPSA) is 58.8 Å². The lowest BCUT2D eigenvalue weighted by atomic mass is 10.1. The highest BCUT2D eigenvalue weighted by atomic mass is 32.1. The molecule has 0 radical (unpaired) electrons. The van der Waals surface area contributed by atoms with Gasteiger partial charge in [-0.1, -0.05) is 22.8 Å². The number of rotatable bonds is 3. The van der Waals surface area contributed by atoms with E-state index in [4.69, 9.17) is 15.0 Å². The van der Waals surface area contributed by atoms with E-state index >= 15 is 0 Å². The Morgan fingerprint density at radius 1 is 1.30 bits per heavy atom. The number of nitrogens with zero attached hydrogens (tertiary/aromatic N) is 5. The predicted octanol–water partition coefficient (Wildman–Crippen LogP) is 3.50. The van der Waals surface area contributed by atoms with Crippen molar-refractivity contribution >= 4 is 26.5 Å². The second-order valence-electron chi connectivity index (χ2n) is 6.29. The highest BCUT2D eigenvalue weighted by molar-refractivity contribution is 7.23. The molecule has 4 heterocycles. The molecule has 132 valence electrons. The van der Waals surface area contributed by atoms with Crippen LogP contribution >= 0.6 is 11.3 Å². The molecule has 0 N–H and O–H groups in total. The Labute approximate surface area is 159 Å². The smallest absolute Gasteiger partial charge is 0.218 e. The molecule has 5 rings (SSSR count). The first kappa shape index (κ1) is 15.9. The van der Waals surface area contributed by atoms with E-state index in [-0.39, 0.29) is 0 Å². The Bertz CT molecular complexity index is 1370. The number of aryl methyl sites for hydroxylation is 1. The zero-order valence-corrected chi connectivity index (χ0v) is 15.7. The van der Waals surface area contributed by atoms with Crippen LogP contribution in [0.3, 0.4) is 0 Å². The molecule has 0 fully saturated rings. The summed E-state index contributed by atoms with van der Waals surface area (Å²) in [4.78, 5) is 5.82. The molecular weight excluding hydrogens is 358 g/mol. The van der Waals surface area contributed by atoms with E-state index in [1.165, 1.54) is 0 Å². The van der Waals surface area contributed by atoms with Gasteiger partial charge in [-0.15, -0.1) is 4.52 Å². The highest BCUT2D eigenvalue weighted by Crippen LogP contribution is 2.32. The minimum atomic E-state index is 0.630. The van der Waals surface area contributed by atoms with Gasteiger partial charge < -0.3 is 4.74 Å². The summed E-state index contributed by atoms with van der Waals surface area (Å²) in [5.74, 6) is 0.851. The molecule has 0 aliphatic rings. The average Bonchev–Trinajstić information content (AvgIpc) is 3.36. The van der Waals surface area contributed by atoms with Crippen molar-refractivity contribution in [2.45, 2.75) is 13.3 Å². The van der Waals surface area contributed by atoms with Crippen LogP contribution in [0.2, 0.25) is 0 Å². The largest absolute Gasteiger partial charge is 0.497 e. The van der Waals surface area contributed by atoms with Crippen LogP contribution in [-0.4, -0.2) is 21.0 Å². The Morgan fingerprint density at radius 2 is 2.19 bits per heavy atom. The summed E-state index contributed by atoms with van der Waals surface area (Å²) in [7, 11) is 1.68. The van der Waals surface area contributed by atoms with E-state index in [0.717, 1.165) is 44.3 Å². The van der Waals surface area contributed by atoms with Gasteiger partial charge in [-0.2, -0.15) is 5.26 Å². The Kier molecular flexibility index (Phi) is 3.42. The van der Waals surface area contributed by atoms with E-state index in [1.54, 1.807) is 18.4 Å². The van der Waals surface area contributed by atoms with E-state index in [1.807, 2.05) is 41.3 Å².